The number of methoxy groups -OCH3 is 1. The SMILES string of the molecule is COc1cccc(-c2nnc(CN3C[C@@H]4[C@H]5CC[C@@H](C5)[C@H]43)o2)c1. The van der Waals surface area contributed by atoms with Crippen LogP contribution in [0.15, 0.2) is 28.7 Å². The van der Waals surface area contributed by atoms with Gasteiger partial charge in [0.15, 0.2) is 0 Å². The molecule has 5 heteroatoms. The topological polar surface area (TPSA) is 51.4 Å². The summed E-state index contributed by atoms with van der Waals surface area (Å²) in [7, 11) is 1.66. The molecule has 3 fully saturated rings. The molecule has 2 bridgehead atoms. The molecule has 0 amide bonds. The highest BCUT2D eigenvalue weighted by molar-refractivity contribution is 5.55. The lowest BCUT2D eigenvalue weighted by Gasteiger charge is -2.50. The second-order valence-corrected chi connectivity index (χ2v) is 7.15. The zero-order chi connectivity index (χ0) is 15.4. The first-order chi connectivity index (χ1) is 11.3. The van der Waals surface area contributed by atoms with Crippen LogP contribution in [0.5, 0.6) is 5.75 Å². The summed E-state index contributed by atoms with van der Waals surface area (Å²) in [4.78, 5) is 2.54. The Bertz CT molecular complexity index is 727. The van der Waals surface area contributed by atoms with Gasteiger partial charge in [0.05, 0.1) is 13.7 Å². The van der Waals surface area contributed by atoms with Crippen molar-refractivity contribution in [1.29, 1.82) is 0 Å². The van der Waals surface area contributed by atoms with Crippen LogP contribution in [0.25, 0.3) is 11.5 Å². The number of likely N-dealkylation sites (tertiary alicyclic amines) is 1. The van der Waals surface area contributed by atoms with E-state index in [1.807, 2.05) is 24.3 Å². The average molecular weight is 311 g/mol. The molecule has 2 saturated carbocycles. The number of aromatic nitrogens is 2. The summed E-state index contributed by atoms with van der Waals surface area (Å²) in [5.41, 5.74) is 0.907. The molecule has 4 atom stereocenters. The largest absolute Gasteiger partial charge is 0.497 e. The van der Waals surface area contributed by atoms with Crippen LogP contribution in [0.2, 0.25) is 0 Å². The summed E-state index contributed by atoms with van der Waals surface area (Å²) in [5.74, 6) is 4.95. The van der Waals surface area contributed by atoms with Crippen molar-refractivity contribution < 1.29 is 9.15 Å². The van der Waals surface area contributed by atoms with Crippen LogP contribution < -0.4 is 4.74 Å². The lowest BCUT2D eigenvalue weighted by Crippen LogP contribution is -2.58. The number of rotatable bonds is 4. The van der Waals surface area contributed by atoms with Gasteiger partial charge >= 0.3 is 0 Å². The predicted molar refractivity (Wildman–Crippen MR) is 84.8 cm³/mol. The second kappa shape index (κ2) is 5.06. The van der Waals surface area contributed by atoms with Gasteiger partial charge in [0.2, 0.25) is 11.8 Å². The van der Waals surface area contributed by atoms with Crippen molar-refractivity contribution in [2.24, 2.45) is 17.8 Å². The molecule has 1 aromatic carbocycles. The third-order valence-electron chi connectivity index (χ3n) is 6.03. The van der Waals surface area contributed by atoms with Gasteiger partial charge in [-0.3, -0.25) is 4.90 Å². The minimum Gasteiger partial charge on any atom is -0.497 e. The van der Waals surface area contributed by atoms with E-state index in [0.717, 1.165) is 47.5 Å². The fourth-order valence-electron chi connectivity index (χ4n) is 4.99. The van der Waals surface area contributed by atoms with Crippen molar-refractivity contribution in [3.8, 4) is 17.2 Å². The van der Waals surface area contributed by atoms with Gasteiger partial charge < -0.3 is 9.15 Å². The van der Waals surface area contributed by atoms with Gasteiger partial charge in [-0.15, -0.1) is 10.2 Å². The Morgan fingerprint density at radius 3 is 3.04 bits per heavy atom. The predicted octanol–water partition coefficient (Wildman–Crippen LogP) is 2.98. The molecule has 2 heterocycles. The van der Waals surface area contributed by atoms with Crippen LogP contribution in [-0.2, 0) is 6.54 Å². The van der Waals surface area contributed by atoms with Gasteiger partial charge in [0.25, 0.3) is 0 Å². The molecule has 5 nitrogen and oxygen atoms in total. The van der Waals surface area contributed by atoms with E-state index in [-0.39, 0.29) is 0 Å². The average Bonchev–Trinajstić information content (AvgIpc) is 3.25. The van der Waals surface area contributed by atoms with Gasteiger partial charge in [-0.05, 0) is 55.2 Å². The highest BCUT2D eigenvalue weighted by Gasteiger charge is 2.56. The Balaban J connectivity index is 1.31. The molecule has 0 N–H and O–H groups in total. The molecular weight excluding hydrogens is 290 g/mol. The molecule has 120 valence electrons. The molecule has 23 heavy (non-hydrogen) atoms. The van der Waals surface area contributed by atoms with Gasteiger partial charge in [0.1, 0.15) is 5.75 Å². The number of ether oxygens (including phenoxy) is 1. The van der Waals surface area contributed by atoms with Crippen LogP contribution in [0.4, 0.5) is 0 Å². The van der Waals surface area contributed by atoms with Crippen LogP contribution >= 0.6 is 0 Å². The summed E-state index contributed by atoms with van der Waals surface area (Å²) < 4.78 is 11.1. The maximum Gasteiger partial charge on any atom is 0.247 e. The monoisotopic (exact) mass is 311 g/mol. The molecule has 0 radical (unpaired) electrons. The maximum absolute atomic E-state index is 5.88. The minimum absolute atomic E-state index is 0.573. The van der Waals surface area contributed by atoms with E-state index in [9.17, 15) is 0 Å². The lowest BCUT2D eigenvalue weighted by atomic mass is 9.77. The van der Waals surface area contributed by atoms with E-state index in [0.29, 0.717) is 5.89 Å². The van der Waals surface area contributed by atoms with Crippen LogP contribution in [0.3, 0.4) is 0 Å². The summed E-state index contributed by atoms with van der Waals surface area (Å²) in [6, 6.07) is 8.52. The van der Waals surface area contributed by atoms with E-state index in [2.05, 4.69) is 15.1 Å². The van der Waals surface area contributed by atoms with Crippen molar-refractivity contribution in [3.63, 3.8) is 0 Å². The Kier molecular flexibility index (Phi) is 2.98. The smallest absolute Gasteiger partial charge is 0.247 e. The molecule has 1 aliphatic heterocycles. The summed E-state index contributed by atoms with van der Waals surface area (Å²) >= 11 is 0. The number of benzene rings is 1. The standard InChI is InChI=1S/C18H21N3O2/c1-22-14-4-2-3-13(8-14)18-20-19-16(23-18)10-21-9-15-11-5-6-12(7-11)17(15)21/h2-4,8,11-12,15,17H,5-7,9-10H2,1H3/t11-,12-,15+,17+/m0/s1. The van der Waals surface area contributed by atoms with Crippen molar-refractivity contribution >= 4 is 0 Å². The minimum atomic E-state index is 0.573. The number of nitrogens with zero attached hydrogens (tertiary/aromatic N) is 3. The molecule has 0 unspecified atom stereocenters. The highest BCUT2D eigenvalue weighted by Crippen LogP contribution is 2.55. The van der Waals surface area contributed by atoms with Crippen LogP contribution in [-0.4, -0.2) is 34.8 Å². The fourth-order valence-corrected chi connectivity index (χ4v) is 4.99. The Morgan fingerprint density at radius 1 is 1.26 bits per heavy atom. The van der Waals surface area contributed by atoms with E-state index in [1.54, 1.807) is 7.11 Å². The normalized spacial score (nSPS) is 31.9. The third-order valence-corrected chi connectivity index (χ3v) is 6.03. The molecule has 1 aromatic heterocycles. The zero-order valence-electron chi connectivity index (χ0n) is 13.3. The first kappa shape index (κ1) is 13.5. The third kappa shape index (κ3) is 2.10. The molecule has 2 aliphatic carbocycles. The summed E-state index contributed by atoms with van der Waals surface area (Å²) in [6.07, 6.45) is 4.33. The van der Waals surface area contributed by atoms with Gasteiger partial charge in [-0.25, -0.2) is 0 Å². The Labute approximate surface area is 135 Å². The Hall–Kier alpha value is -1.88. The fraction of sp³-hybridized carbons (Fsp3) is 0.556. The van der Waals surface area contributed by atoms with E-state index in [1.165, 1.54) is 25.8 Å². The van der Waals surface area contributed by atoms with Gasteiger partial charge in [0, 0.05) is 18.2 Å². The van der Waals surface area contributed by atoms with E-state index in [4.69, 9.17) is 9.15 Å². The first-order valence-corrected chi connectivity index (χ1v) is 8.52. The van der Waals surface area contributed by atoms with E-state index < -0.39 is 0 Å². The van der Waals surface area contributed by atoms with Gasteiger partial charge in [-0.1, -0.05) is 6.07 Å². The van der Waals surface area contributed by atoms with Crippen molar-refractivity contribution in [3.05, 3.63) is 30.2 Å². The first-order valence-electron chi connectivity index (χ1n) is 8.52. The lowest BCUT2D eigenvalue weighted by molar-refractivity contribution is -0.0332. The molecule has 5 rings (SSSR count). The van der Waals surface area contributed by atoms with Crippen LogP contribution in [0.1, 0.15) is 25.2 Å². The molecule has 1 saturated heterocycles. The van der Waals surface area contributed by atoms with Crippen molar-refractivity contribution in [1.82, 2.24) is 15.1 Å². The van der Waals surface area contributed by atoms with E-state index >= 15 is 0 Å². The van der Waals surface area contributed by atoms with Crippen LogP contribution in [0, 0.1) is 17.8 Å². The highest BCUT2D eigenvalue weighted by atomic mass is 16.5. The Morgan fingerprint density at radius 2 is 2.17 bits per heavy atom. The summed E-state index contributed by atoms with van der Waals surface area (Å²) in [6.45, 7) is 2.00. The quantitative estimate of drug-likeness (QED) is 0.869. The number of hydrogen-bond acceptors (Lipinski definition) is 5. The molecular formula is C18H21N3O2. The number of fused-ring (bicyclic) bond motifs is 5. The van der Waals surface area contributed by atoms with Crippen molar-refractivity contribution in [2.45, 2.75) is 31.8 Å². The number of hydrogen-bond donors (Lipinski definition) is 0. The van der Waals surface area contributed by atoms with Crippen molar-refractivity contribution in [2.75, 3.05) is 13.7 Å². The molecule has 0 spiro atoms. The zero-order valence-corrected chi connectivity index (χ0v) is 13.3. The molecule has 2 aromatic rings. The maximum atomic E-state index is 5.88. The summed E-state index contributed by atoms with van der Waals surface area (Å²) in [5, 5.41) is 8.45. The molecule has 3 aliphatic rings. The second-order valence-electron chi connectivity index (χ2n) is 7.15. The van der Waals surface area contributed by atoms with Gasteiger partial charge in [-0.2, -0.15) is 0 Å².